The molecule has 2 aromatic rings. The van der Waals surface area contributed by atoms with E-state index in [0.29, 0.717) is 13.0 Å². The lowest BCUT2D eigenvalue weighted by Gasteiger charge is -2.38. The van der Waals surface area contributed by atoms with Crippen LogP contribution in [-0.4, -0.2) is 40.7 Å². The highest BCUT2D eigenvalue weighted by Crippen LogP contribution is 2.37. The van der Waals surface area contributed by atoms with Crippen LogP contribution in [0.3, 0.4) is 0 Å². The molecule has 0 N–H and O–H groups in total. The van der Waals surface area contributed by atoms with E-state index in [9.17, 15) is 9.59 Å². The van der Waals surface area contributed by atoms with Crippen molar-refractivity contribution in [2.45, 2.75) is 58.5 Å². The van der Waals surface area contributed by atoms with Crippen LogP contribution >= 0.6 is 11.3 Å². The van der Waals surface area contributed by atoms with Crippen LogP contribution in [0.1, 0.15) is 62.1 Å². The molecule has 4 nitrogen and oxygen atoms in total. The summed E-state index contributed by atoms with van der Waals surface area (Å²) < 4.78 is 0. The maximum atomic E-state index is 13.4. The third-order valence-corrected chi connectivity index (χ3v) is 6.61. The van der Waals surface area contributed by atoms with E-state index >= 15 is 0 Å². The van der Waals surface area contributed by atoms with Crippen molar-refractivity contribution in [2.75, 3.05) is 13.1 Å². The van der Waals surface area contributed by atoms with E-state index in [1.807, 2.05) is 36.9 Å². The average molecular weight is 399 g/mol. The fourth-order valence-electron chi connectivity index (χ4n) is 3.88. The Hall–Kier alpha value is -2.14. The molecule has 0 saturated carbocycles. The van der Waals surface area contributed by atoms with Crippen molar-refractivity contribution in [3.8, 4) is 0 Å². The van der Waals surface area contributed by atoms with Gasteiger partial charge in [-0.3, -0.25) is 9.59 Å². The average Bonchev–Trinajstić information content (AvgIpc) is 3.20. The topological polar surface area (TPSA) is 40.6 Å². The van der Waals surface area contributed by atoms with Gasteiger partial charge in [-0.25, -0.2) is 0 Å². The van der Waals surface area contributed by atoms with Gasteiger partial charge < -0.3 is 9.80 Å². The highest BCUT2D eigenvalue weighted by Gasteiger charge is 2.34. The highest BCUT2D eigenvalue weighted by atomic mass is 32.1. The van der Waals surface area contributed by atoms with Crippen LogP contribution in [0.5, 0.6) is 0 Å². The highest BCUT2D eigenvalue weighted by molar-refractivity contribution is 7.10. The van der Waals surface area contributed by atoms with Crippen LogP contribution in [0, 0.1) is 0 Å². The van der Waals surface area contributed by atoms with Gasteiger partial charge in [-0.05, 0) is 48.8 Å². The van der Waals surface area contributed by atoms with Gasteiger partial charge in [-0.1, -0.05) is 44.2 Å². The summed E-state index contributed by atoms with van der Waals surface area (Å²) in [6, 6.07) is 12.4. The first-order chi connectivity index (χ1) is 13.6. The van der Waals surface area contributed by atoms with Gasteiger partial charge in [0.2, 0.25) is 11.8 Å². The first-order valence-corrected chi connectivity index (χ1v) is 11.1. The van der Waals surface area contributed by atoms with Crippen molar-refractivity contribution in [3.63, 3.8) is 0 Å². The Bertz CT molecular complexity index is 802. The first kappa shape index (κ1) is 20.6. The van der Waals surface area contributed by atoms with Crippen LogP contribution in [0.4, 0.5) is 0 Å². The second-order valence-corrected chi connectivity index (χ2v) is 8.48. The van der Waals surface area contributed by atoms with Crippen molar-refractivity contribution in [1.29, 1.82) is 0 Å². The van der Waals surface area contributed by atoms with Crippen LogP contribution in [-0.2, 0) is 16.0 Å². The normalized spacial score (nSPS) is 17.1. The molecule has 2 atom stereocenters. The Balaban J connectivity index is 1.87. The van der Waals surface area contributed by atoms with E-state index in [2.05, 4.69) is 30.5 Å². The van der Waals surface area contributed by atoms with Gasteiger partial charge in [0.05, 0.1) is 6.04 Å². The zero-order valence-corrected chi connectivity index (χ0v) is 17.9. The van der Waals surface area contributed by atoms with E-state index in [1.165, 1.54) is 10.4 Å². The Labute approximate surface area is 172 Å². The maximum Gasteiger partial charge on any atom is 0.243 e. The van der Waals surface area contributed by atoms with Crippen LogP contribution in [0.2, 0.25) is 0 Å². The summed E-state index contributed by atoms with van der Waals surface area (Å²) in [7, 11) is 0. The van der Waals surface area contributed by atoms with Gasteiger partial charge in [-0.15, -0.1) is 11.3 Å². The minimum atomic E-state index is -0.0660. The molecule has 0 fully saturated rings. The van der Waals surface area contributed by atoms with Crippen molar-refractivity contribution < 1.29 is 9.59 Å². The number of hydrogen-bond acceptors (Lipinski definition) is 3. The van der Waals surface area contributed by atoms with Gasteiger partial charge in [-0.2, -0.15) is 0 Å². The molecule has 0 bridgehead atoms. The summed E-state index contributed by atoms with van der Waals surface area (Å²) in [6.07, 6.45) is 3.02. The van der Waals surface area contributed by atoms with Crippen LogP contribution in [0.25, 0.3) is 0 Å². The van der Waals surface area contributed by atoms with E-state index in [1.54, 1.807) is 16.2 Å². The largest absolute Gasteiger partial charge is 0.331 e. The second kappa shape index (κ2) is 9.37. The summed E-state index contributed by atoms with van der Waals surface area (Å²) >= 11 is 1.77. The van der Waals surface area contributed by atoms with E-state index in [-0.39, 0.29) is 30.4 Å². The third kappa shape index (κ3) is 4.30. The molecule has 2 amide bonds. The predicted octanol–water partition coefficient (Wildman–Crippen LogP) is 4.65. The lowest BCUT2D eigenvalue weighted by atomic mass is 9.93. The molecule has 0 radical (unpaired) electrons. The molecule has 5 heteroatoms. The molecule has 2 unspecified atom stereocenters. The fraction of sp³-hybridized carbons (Fsp3) is 0.478. The van der Waals surface area contributed by atoms with Gasteiger partial charge >= 0.3 is 0 Å². The standard InChI is InChI=1S/C23H30N2O2S/c1-4-9-21(26)25(17(3)5-2)16-22(27)24-14-12-20-19(13-15-28-20)23(24)18-10-7-6-8-11-18/h6-8,10-11,13,15,17,23H,4-5,9,12,14,16H2,1-3H3. The van der Waals surface area contributed by atoms with Crippen molar-refractivity contribution in [3.05, 3.63) is 57.8 Å². The number of hydrogen-bond donors (Lipinski definition) is 0. The predicted molar refractivity (Wildman–Crippen MR) is 114 cm³/mol. The summed E-state index contributed by atoms with van der Waals surface area (Å²) in [5.74, 6) is 0.116. The molecule has 1 aromatic carbocycles. The smallest absolute Gasteiger partial charge is 0.243 e. The first-order valence-electron chi connectivity index (χ1n) is 10.3. The van der Waals surface area contributed by atoms with Gasteiger partial charge in [0.15, 0.2) is 0 Å². The maximum absolute atomic E-state index is 13.4. The number of amides is 2. The number of nitrogens with zero attached hydrogens (tertiary/aromatic N) is 2. The van der Waals surface area contributed by atoms with Crippen LogP contribution < -0.4 is 0 Å². The molecule has 0 aliphatic carbocycles. The zero-order chi connectivity index (χ0) is 20.1. The lowest BCUT2D eigenvalue weighted by molar-refractivity contribution is -0.143. The Morgan fingerprint density at radius 2 is 1.96 bits per heavy atom. The molecule has 3 rings (SSSR count). The summed E-state index contributed by atoms with van der Waals surface area (Å²) in [4.78, 5) is 31.1. The van der Waals surface area contributed by atoms with Crippen molar-refractivity contribution >= 4 is 23.2 Å². The SMILES string of the molecule is CCCC(=O)N(CC(=O)N1CCc2sccc2C1c1ccccc1)C(C)CC. The third-order valence-electron chi connectivity index (χ3n) is 5.61. The lowest BCUT2D eigenvalue weighted by Crippen LogP contribution is -2.49. The summed E-state index contributed by atoms with van der Waals surface area (Å²) in [6.45, 7) is 6.96. The molecule has 2 heterocycles. The fourth-order valence-corrected chi connectivity index (χ4v) is 4.79. The molecule has 28 heavy (non-hydrogen) atoms. The van der Waals surface area contributed by atoms with E-state index < -0.39 is 0 Å². The Morgan fingerprint density at radius 3 is 2.64 bits per heavy atom. The number of thiophene rings is 1. The zero-order valence-electron chi connectivity index (χ0n) is 17.1. The number of rotatable bonds is 7. The van der Waals surface area contributed by atoms with E-state index in [4.69, 9.17) is 0 Å². The molecular formula is C23H30N2O2S. The minimum absolute atomic E-state index is 0.0375. The molecular weight excluding hydrogens is 368 g/mol. The van der Waals surface area contributed by atoms with Crippen LogP contribution in [0.15, 0.2) is 41.8 Å². The number of carbonyl (C=O) groups excluding carboxylic acids is 2. The quantitative estimate of drug-likeness (QED) is 0.681. The molecule has 1 aliphatic heterocycles. The molecule has 0 saturated heterocycles. The monoisotopic (exact) mass is 398 g/mol. The molecule has 1 aliphatic rings. The molecule has 150 valence electrons. The Kier molecular flexibility index (Phi) is 6.89. The van der Waals surface area contributed by atoms with E-state index in [0.717, 1.165) is 24.8 Å². The van der Waals surface area contributed by atoms with Gasteiger partial charge in [0.25, 0.3) is 0 Å². The van der Waals surface area contributed by atoms with Crippen molar-refractivity contribution in [2.24, 2.45) is 0 Å². The van der Waals surface area contributed by atoms with Crippen molar-refractivity contribution in [1.82, 2.24) is 9.80 Å². The molecule has 0 spiro atoms. The Morgan fingerprint density at radius 1 is 1.21 bits per heavy atom. The summed E-state index contributed by atoms with van der Waals surface area (Å²) in [5, 5.41) is 2.12. The van der Waals surface area contributed by atoms with Gasteiger partial charge in [0, 0.05) is 23.9 Å². The second-order valence-electron chi connectivity index (χ2n) is 7.48. The number of fused-ring (bicyclic) bond motifs is 1. The minimum Gasteiger partial charge on any atom is -0.331 e. The van der Waals surface area contributed by atoms with Gasteiger partial charge in [0.1, 0.15) is 6.54 Å². The molecule has 1 aromatic heterocycles. The number of benzene rings is 1. The number of carbonyl (C=O) groups is 2. The summed E-state index contributed by atoms with van der Waals surface area (Å²) in [5.41, 5.74) is 2.36.